The Morgan fingerprint density at radius 1 is 1.27 bits per heavy atom. The molecule has 0 amide bonds. The fraction of sp³-hybridized carbons (Fsp3) is 0.308. The Bertz CT molecular complexity index is 390. The van der Waals surface area contributed by atoms with E-state index >= 15 is 0 Å². The first kappa shape index (κ1) is 9.97. The molecule has 1 N–H and O–H groups in total. The van der Waals surface area contributed by atoms with Crippen molar-refractivity contribution in [1.82, 2.24) is 5.32 Å². The molecule has 0 bridgehead atoms. The van der Waals surface area contributed by atoms with Gasteiger partial charge in [0.1, 0.15) is 0 Å². The molecule has 2 nitrogen and oxygen atoms in total. The van der Waals surface area contributed by atoms with E-state index in [1.807, 2.05) is 6.07 Å². The maximum atomic E-state index is 4.36. The minimum Gasteiger partial charge on any atom is -0.350 e. The van der Waals surface area contributed by atoms with Crippen LogP contribution in [-0.2, 0) is 6.42 Å². The lowest BCUT2D eigenvalue weighted by Crippen LogP contribution is -2.23. The molecule has 2 heteroatoms. The number of rotatable bonds is 2. The second kappa shape index (κ2) is 4.30. The van der Waals surface area contributed by atoms with Crippen LogP contribution >= 0.6 is 0 Å². The normalized spacial score (nSPS) is 20.3. The number of hydrogen-bond donors (Lipinski definition) is 1. The molecule has 0 unspecified atom stereocenters. The Balaban J connectivity index is 2.18. The second-order valence-corrected chi connectivity index (χ2v) is 3.91. The van der Waals surface area contributed by atoms with E-state index in [4.69, 9.17) is 0 Å². The van der Waals surface area contributed by atoms with Gasteiger partial charge < -0.3 is 5.32 Å². The molecule has 0 aromatic heterocycles. The molecule has 78 valence electrons. The average Bonchev–Trinajstić information content (AvgIpc) is 2.25. The van der Waals surface area contributed by atoms with Gasteiger partial charge in [0.2, 0.25) is 0 Å². The standard InChI is InChI=1S/C13H16N2/c1-10-13(11(2)15-9-14-10)8-12-6-4-3-5-7-12/h3-7,9-10H,8H2,1-2H3,(H,14,15)/t10-/m0/s1. The zero-order valence-electron chi connectivity index (χ0n) is 9.20. The highest BCUT2D eigenvalue weighted by molar-refractivity contribution is 5.60. The van der Waals surface area contributed by atoms with Crippen molar-refractivity contribution in [3.05, 3.63) is 47.2 Å². The summed E-state index contributed by atoms with van der Waals surface area (Å²) < 4.78 is 0. The van der Waals surface area contributed by atoms with E-state index in [2.05, 4.69) is 48.4 Å². The van der Waals surface area contributed by atoms with Gasteiger partial charge in [0.15, 0.2) is 0 Å². The Morgan fingerprint density at radius 3 is 2.67 bits per heavy atom. The van der Waals surface area contributed by atoms with Crippen LogP contribution in [0.4, 0.5) is 0 Å². The van der Waals surface area contributed by atoms with Gasteiger partial charge in [-0.25, -0.2) is 0 Å². The lowest BCUT2D eigenvalue weighted by molar-refractivity contribution is 0.774. The Labute approximate surface area is 90.7 Å². The summed E-state index contributed by atoms with van der Waals surface area (Å²) in [5, 5.41) is 3.17. The van der Waals surface area contributed by atoms with E-state index in [1.54, 1.807) is 6.34 Å². The maximum Gasteiger partial charge on any atom is 0.0872 e. The summed E-state index contributed by atoms with van der Waals surface area (Å²) >= 11 is 0. The molecule has 0 radical (unpaired) electrons. The first-order chi connectivity index (χ1) is 7.27. The third-order valence-corrected chi connectivity index (χ3v) is 2.80. The van der Waals surface area contributed by atoms with Gasteiger partial charge >= 0.3 is 0 Å². The number of aliphatic imine (C=N–C) groups is 1. The number of hydrogen-bond acceptors (Lipinski definition) is 2. The van der Waals surface area contributed by atoms with Crippen LogP contribution in [0.25, 0.3) is 0 Å². The third kappa shape index (κ3) is 2.27. The molecule has 0 saturated carbocycles. The quantitative estimate of drug-likeness (QED) is 0.779. The van der Waals surface area contributed by atoms with Gasteiger partial charge in [-0.15, -0.1) is 0 Å². The molecule has 1 heterocycles. The molecule has 0 spiro atoms. The SMILES string of the molecule is CC1=C(Cc2ccccc2)[C@H](C)N=CN1. The number of nitrogens with zero attached hydrogens (tertiary/aromatic N) is 1. The lowest BCUT2D eigenvalue weighted by atomic mass is 9.97. The van der Waals surface area contributed by atoms with E-state index < -0.39 is 0 Å². The van der Waals surface area contributed by atoms with Gasteiger partial charge in [0, 0.05) is 5.70 Å². The fourth-order valence-corrected chi connectivity index (χ4v) is 1.84. The van der Waals surface area contributed by atoms with Gasteiger partial charge in [-0.3, -0.25) is 4.99 Å². The number of nitrogens with one attached hydrogen (secondary N) is 1. The lowest BCUT2D eigenvalue weighted by Gasteiger charge is -2.20. The molecule has 2 rings (SSSR count). The van der Waals surface area contributed by atoms with E-state index in [1.165, 1.54) is 16.8 Å². The minimum absolute atomic E-state index is 0.298. The minimum atomic E-state index is 0.298. The van der Waals surface area contributed by atoms with Crippen LogP contribution in [0.15, 0.2) is 46.6 Å². The molecule has 0 fully saturated rings. The van der Waals surface area contributed by atoms with Crippen molar-refractivity contribution in [1.29, 1.82) is 0 Å². The van der Waals surface area contributed by atoms with Gasteiger partial charge in [-0.1, -0.05) is 30.3 Å². The van der Waals surface area contributed by atoms with Gasteiger partial charge in [0.05, 0.1) is 12.4 Å². The van der Waals surface area contributed by atoms with Crippen molar-refractivity contribution in [3.8, 4) is 0 Å². The Kier molecular flexibility index (Phi) is 2.86. The summed E-state index contributed by atoms with van der Waals surface area (Å²) in [5.41, 5.74) is 3.96. The molecule has 1 aliphatic rings. The van der Waals surface area contributed by atoms with E-state index in [0.717, 1.165) is 6.42 Å². The topological polar surface area (TPSA) is 24.4 Å². The molecule has 1 aromatic rings. The Morgan fingerprint density at radius 2 is 2.00 bits per heavy atom. The second-order valence-electron chi connectivity index (χ2n) is 3.91. The third-order valence-electron chi connectivity index (χ3n) is 2.80. The highest BCUT2D eigenvalue weighted by Crippen LogP contribution is 2.18. The summed E-state index contributed by atoms with van der Waals surface area (Å²) in [7, 11) is 0. The Hall–Kier alpha value is -1.57. The van der Waals surface area contributed by atoms with Gasteiger partial charge in [-0.2, -0.15) is 0 Å². The van der Waals surface area contributed by atoms with Crippen LogP contribution in [-0.4, -0.2) is 12.4 Å². The molecule has 1 atom stereocenters. The average molecular weight is 200 g/mol. The summed E-state index contributed by atoms with van der Waals surface area (Å²) in [4.78, 5) is 4.36. The van der Waals surface area contributed by atoms with Gasteiger partial charge in [0.25, 0.3) is 0 Å². The predicted octanol–water partition coefficient (Wildman–Crippen LogP) is 2.52. The van der Waals surface area contributed by atoms with E-state index in [0.29, 0.717) is 6.04 Å². The van der Waals surface area contributed by atoms with Crippen molar-refractivity contribution in [3.63, 3.8) is 0 Å². The van der Waals surface area contributed by atoms with Crippen LogP contribution in [0.3, 0.4) is 0 Å². The molecule has 15 heavy (non-hydrogen) atoms. The molecule has 1 aliphatic heterocycles. The highest BCUT2D eigenvalue weighted by atomic mass is 15.0. The highest BCUT2D eigenvalue weighted by Gasteiger charge is 2.13. The zero-order chi connectivity index (χ0) is 10.7. The number of benzene rings is 1. The van der Waals surface area contributed by atoms with Crippen LogP contribution in [0.1, 0.15) is 19.4 Å². The molecular weight excluding hydrogens is 184 g/mol. The first-order valence-corrected chi connectivity index (χ1v) is 5.29. The van der Waals surface area contributed by atoms with Crippen molar-refractivity contribution in [2.24, 2.45) is 4.99 Å². The largest absolute Gasteiger partial charge is 0.350 e. The zero-order valence-corrected chi connectivity index (χ0v) is 9.20. The molecule has 1 aromatic carbocycles. The van der Waals surface area contributed by atoms with Crippen molar-refractivity contribution in [2.45, 2.75) is 26.3 Å². The van der Waals surface area contributed by atoms with E-state index in [9.17, 15) is 0 Å². The van der Waals surface area contributed by atoms with Crippen LogP contribution in [0.5, 0.6) is 0 Å². The maximum absolute atomic E-state index is 4.36. The molecule has 0 saturated heterocycles. The summed E-state index contributed by atoms with van der Waals surface area (Å²) in [6.07, 6.45) is 2.77. The van der Waals surface area contributed by atoms with Crippen LogP contribution in [0.2, 0.25) is 0 Å². The smallest absolute Gasteiger partial charge is 0.0872 e. The van der Waals surface area contributed by atoms with Crippen molar-refractivity contribution in [2.75, 3.05) is 0 Å². The molecule has 0 aliphatic carbocycles. The predicted molar refractivity (Wildman–Crippen MR) is 63.9 cm³/mol. The van der Waals surface area contributed by atoms with Crippen molar-refractivity contribution < 1.29 is 0 Å². The monoisotopic (exact) mass is 200 g/mol. The summed E-state index contributed by atoms with van der Waals surface area (Å²) in [6.45, 7) is 4.25. The van der Waals surface area contributed by atoms with Crippen LogP contribution in [0, 0.1) is 0 Å². The summed E-state index contributed by atoms with van der Waals surface area (Å²) in [5.74, 6) is 0. The van der Waals surface area contributed by atoms with Gasteiger partial charge in [-0.05, 0) is 31.4 Å². The fourth-order valence-electron chi connectivity index (χ4n) is 1.84. The number of allylic oxidation sites excluding steroid dienone is 1. The van der Waals surface area contributed by atoms with Crippen molar-refractivity contribution >= 4 is 6.34 Å². The first-order valence-electron chi connectivity index (χ1n) is 5.29. The molecular formula is C13H16N2. The van der Waals surface area contributed by atoms with E-state index in [-0.39, 0.29) is 0 Å². The summed E-state index contributed by atoms with van der Waals surface area (Å²) in [6, 6.07) is 10.8. The van der Waals surface area contributed by atoms with Crippen LogP contribution < -0.4 is 5.32 Å².